The minimum absolute atomic E-state index is 0.0327. The van der Waals surface area contributed by atoms with E-state index in [1.54, 1.807) is 49.8 Å². The number of fused-ring (bicyclic) bond motifs is 1. The second-order valence-corrected chi connectivity index (χ2v) is 11.5. The minimum atomic E-state index is -4.20. The average Bonchev–Trinajstić information content (AvgIpc) is 3.42. The molecule has 9 nitrogen and oxygen atoms in total. The Morgan fingerprint density at radius 3 is 2.47 bits per heavy atom. The second-order valence-electron chi connectivity index (χ2n) is 8.67. The van der Waals surface area contributed by atoms with Crippen LogP contribution < -0.4 is 10.3 Å². The molecule has 0 radical (unpaired) electrons. The summed E-state index contributed by atoms with van der Waals surface area (Å²) in [5.74, 6) is -0.666. The zero-order chi connectivity index (χ0) is 27.0. The van der Waals surface area contributed by atoms with Crippen LogP contribution in [0.3, 0.4) is 0 Å². The highest BCUT2D eigenvalue weighted by molar-refractivity contribution is 7.92. The van der Waals surface area contributed by atoms with E-state index < -0.39 is 21.6 Å². The predicted molar refractivity (Wildman–Crippen MR) is 146 cm³/mol. The van der Waals surface area contributed by atoms with Crippen LogP contribution in [-0.4, -0.2) is 28.7 Å². The Hall–Kier alpha value is -4.22. The van der Waals surface area contributed by atoms with Gasteiger partial charge >= 0.3 is 5.97 Å². The van der Waals surface area contributed by atoms with Crippen LogP contribution in [0.5, 0.6) is 0 Å². The highest BCUT2D eigenvalue weighted by atomic mass is 32.2. The van der Waals surface area contributed by atoms with Gasteiger partial charge in [-0.3, -0.25) is 14.2 Å². The molecule has 0 fully saturated rings. The van der Waals surface area contributed by atoms with Gasteiger partial charge in [0.05, 0.1) is 32.1 Å². The van der Waals surface area contributed by atoms with Gasteiger partial charge in [-0.1, -0.05) is 36.4 Å². The van der Waals surface area contributed by atoms with E-state index in [1.807, 2.05) is 30.3 Å². The fourth-order valence-corrected chi connectivity index (χ4v) is 6.08. The molecular formula is C27H24N4O5S2. The van der Waals surface area contributed by atoms with Crippen molar-refractivity contribution in [1.82, 2.24) is 14.3 Å². The van der Waals surface area contributed by atoms with Gasteiger partial charge in [-0.05, 0) is 55.8 Å². The van der Waals surface area contributed by atoms with E-state index in [0.717, 1.165) is 10.2 Å². The van der Waals surface area contributed by atoms with E-state index in [9.17, 15) is 18.0 Å². The number of rotatable bonds is 7. The highest BCUT2D eigenvalue weighted by Crippen LogP contribution is 2.24. The van der Waals surface area contributed by atoms with Crippen molar-refractivity contribution < 1.29 is 17.9 Å². The molecule has 0 aliphatic rings. The average molecular weight is 549 g/mol. The first-order chi connectivity index (χ1) is 18.2. The lowest BCUT2D eigenvalue weighted by atomic mass is 10.1. The van der Waals surface area contributed by atoms with Gasteiger partial charge in [-0.25, -0.2) is 22.9 Å². The third kappa shape index (κ3) is 4.73. The van der Waals surface area contributed by atoms with Gasteiger partial charge in [0.25, 0.3) is 15.6 Å². The number of hydrogen-bond donors (Lipinski definition) is 1. The van der Waals surface area contributed by atoms with Crippen molar-refractivity contribution in [3.8, 4) is 5.69 Å². The number of esters is 1. The number of benzene rings is 3. The van der Waals surface area contributed by atoms with Gasteiger partial charge < -0.3 is 4.74 Å². The Balaban J connectivity index is 1.40. The summed E-state index contributed by atoms with van der Waals surface area (Å²) < 4.78 is 38.4. The molecule has 0 bridgehead atoms. The number of thiazole rings is 1. The largest absolute Gasteiger partial charge is 0.455 e. The van der Waals surface area contributed by atoms with E-state index in [4.69, 9.17) is 4.74 Å². The maximum absolute atomic E-state index is 13.3. The first-order valence-electron chi connectivity index (χ1n) is 11.6. The zero-order valence-corrected chi connectivity index (χ0v) is 22.5. The number of carbonyl (C=O) groups excluding carboxylic acids is 1. The molecule has 5 aromatic rings. The number of hydrogen-bond acceptors (Lipinski definition) is 7. The zero-order valence-electron chi connectivity index (χ0n) is 20.8. The number of carbonyl (C=O) groups is 1. The van der Waals surface area contributed by atoms with Gasteiger partial charge in [0, 0.05) is 7.05 Å². The lowest BCUT2D eigenvalue weighted by molar-refractivity contribution is 0.0471. The van der Waals surface area contributed by atoms with Gasteiger partial charge in [-0.2, -0.15) is 0 Å². The van der Waals surface area contributed by atoms with Crippen molar-refractivity contribution in [2.45, 2.75) is 25.3 Å². The van der Waals surface area contributed by atoms with Crippen molar-refractivity contribution in [2.75, 3.05) is 4.72 Å². The fourth-order valence-electron chi connectivity index (χ4n) is 4.05. The van der Waals surface area contributed by atoms with Crippen molar-refractivity contribution in [3.63, 3.8) is 0 Å². The molecule has 0 saturated carbocycles. The maximum atomic E-state index is 13.3. The van der Waals surface area contributed by atoms with E-state index in [-0.39, 0.29) is 22.8 Å². The first-order valence-corrected chi connectivity index (χ1v) is 13.9. The molecule has 38 heavy (non-hydrogen) atoms. The van der Waals surface area contributed by atoms with Crippen molar-refractivity contribution in [2.24, 2.45) is 7.05 Å². The van der Waals surface area contributed by atoms with E-state index in [1.165, 1.54) is 34.2 Å². The van der Waals surface area contributed by atoms with Crippen molar-refractivity contribution >= 4 is 43.2 Å². The summed E-state index contributed by atoms with van der Waals surface area (Å²) in [6.45, 7) is 3.31. The van der Waals surface area contributed by atoms with Crippen LogP contribution in [0.4, 0.5) is 5.69 Å². The molecule has 194 valence electrons. The Morgan fingerprint density at radius 2 is 1.74 bits per heavy atom. The smallest absolute Gasteiger partial charge is 0.338 e. The van der Waals surface area contributed by atoms with Gasteiger partial charge in [0.15, 0.2) is 0 Å². The highest BCUT2D eigenvalue weighted by Gasteiger charge is 2.24. The number of aromatic nitrogens is 3. The summed E-state index contributed by atoms with van der Waals surface area (Å²) in [4.78, 5) is 30.3. The van der Waals surface area contributed by atoms with Crippen LogP contribution in [0.1, 0.15) is 26.6 Å². The van der Waals surface area contributed by atoms with Crippen LogP contribution >= 0.6 is 11.3 Å². The Kier molecular flexibility index (Phi) is 6.64. The third-order valence-corrected chi connectivity index (χ3v) is 8.55. The number of para-hydroxylation sites is 2. The topological polar surface area (TPSA) is 112 Å². The number of sulfonamides is 1. The number of ether oxygens (including phenoxy) is 1. The lowest BCUT2D eigenvalue weighted by Crippen LogP contribution is -2.23. The van der Waals surface area contributed by atoms with Crippen LogP contribution in [0.2, 0.25) is 0 Å². The van der Waals surface area contributed by atoms with Crippen LogP contribution in [0.15, 0.2) is 82.5 Å². The molecule has 1 N–H and O–H groups in total. The number of aryl methyl sites for hydroxylation is 1. The standard InChI is InChI=1S/C27H24N4O5S2/c1-17-13-14-20(15-21(17)27(33)36-16-24-28-22-11-7-8-12-23(22)37-24)38(34,35)29-25-18(2)30(3)31(26(25)32)19-9-5-4-6-10-19/h4-15,29H,16H2,1-3H3. The van der Waals surface area contributed by atoms with E-state index in [0.29, 0.717) is 22.0 Å². The van der Waals surface area contributed by atoms with Crippen molar-refractivity contribution in [1.29, 1.82) is 0 Å². The summed E-state index contributed by atoms with van der Waals surface area (Å²) in [6.07, 6.45) is 0. The third-order valence-electron chi connectivity index (χ3n) is 6.19. The van der Waals surface area contributed by atoms with E-state index in [2.05, 4.69) is 9.71 Å². The summed E-state index contributed by atoms with van der Waals surface area (Å²) in [5.41, 5.74) is 1.94. The normalized spacial score (nSPS) is 11.6. The molecule has 0 unspecified atom stereocenters. The molecule has 0 aliphatic carbocycles. The van der Waals surface area contributed by atoms with Crippen LogP contribution in [-0.2, 0) is 28.4 Å². The van der Waals surface area contributed by atoms with Gasteiger partial charge in [-0.15, -0.1) is 11.3 Å². The molecular weight excluding hydrogens is 524 g/mol. The number of anilines is 1. The quantitative estimate of drug-likeness (QED) is 0.299. The molecule has 3 aromatic carbocycles. The second kappa shape index (κ2) is 9.92. The number of nitrogens with zero attached hydrogens (tertiary/aromatic N) is 3. The molecule has 0 spiro atoms. The number of nitrogens with one attached hydrogen (secondary N) is 1. The first kappa shape index (κ1) is 25.4. The molecule has 0 amide bonds. The molecule has 0 saturated heterocycles. The van der Waals surface area contributed by atoms with E-state index >= 15 is 0 Å². The Morgan fingerprint density at radius 1 is 1.03 bits per heavy atom. The summed E-state index contributed by atoms with van der Waals surface area (Å²) >= 11 is 1.42. The molecule has 0 aliphatic heterocycles. The molecule has 5 rings (SSSR count). The lowest BCUT2D eigenvalue weighted by Gasteiger charge is -2.10. The minimum Gasteiger partial charge on any atom is -0.455 e. The van der Waals surface area contributed by atoms with Gasteiger partial charge in [0.2, 0.25) is 0 Å². The van der Waals surface area contributed by atoms with Crippen LogP contribution in [0, 0.1) is 13.8 Å². The Bertz CT molecular complexity index is 1800. The summed E-state index contributed by atoms with van der Waals surface area (Å²) in [7, 11) is -2.52. The fraction of sp³-hybridized carbons (Fsp3) is 0.148. The van der Waals surface area contributed by atoms with Crippen LogP contribution in [0.25, 0.3) is 15.9 Å². The maximum Gasteiger partial charge on any atom is 0.338 e. The predicted octanol–water partition coefficient (Wildman–Crippen LogP) is 4.56. The summed E-state index contributed by atoms with van der Waals surface area (Å²) in [6, 6.07) is 20.7. The Labute approximate surface area is 223 Å². The molecule has 11 heteroatoms. The molecule has 2 aromatic heterocycles. The summed E-state index contributed by atoms with van der Waals surface area (Å²) in [5, 5.41) is 0.636. The van der Waals surface area contributed by atoms with Gasteiger partial charge in [0.1, 0.15) is 17.3 Å². The molecule has 0 atom stereocenters. The SMILES string of the molecule is Cc1ccc(S(=O)(=O)Nc2c(C)n(C)n(-c3ccccc3)c2=O)cc1C(=O)OCc1nc2ccccc2s1. The van der Waals surface area contributed by atoms with Crippen molar-refractivity contribution in [3.05, 3.63) is 105 Å². The monoisotopic (exact) mass is 548 g/mol. The molecule has 2 heterocycles.